The monoisotopic (exact) mass is 973 g/mol. The Bertz CT molecular complexity index is 2560. The molecule has 0 aliphatic carbocycles. The predicted molar refractivity (Wildman–Crippen MR) is 281 cm³/mol. The van der Waals surface area contributed by atoms with Gasteiger partial charge in [-0.1, -0.05) is 175 Å². The Morgan fingerprint density at radius 1 is 0.531 bits per heavy atom. The maximum absolute atomic E-state index is 4.93. The van der Waals surface area contributed by atoms with Crippen molar-refractivity contribution in [3.05, 3.63) is 179 Å². The molecule has 0 atom stereocenters. The summed E-state index contributed by atoms with van der Waals surface area (Å²) in [4.78, 5) is 0. The van der Waals surface area contributed by atoms with E-state index in [2.05, 4.69) is 209 Å². The molecule has 0 amide bonds. The molecule has 0 bridgehead atoms. The minimum Gasteiger partial charge on any atom is -0.184 e. The third-order valence-corrected chi connectivity index (χ3v) is 13.5. The van der Waals surface area contributed by atoms with Crippen LogP contribution in [0.4, 0.5) is 0 Å². The molecule has 8 aromatic rings. The van der Waals surface area contributed by atoms with Crippen LogP contribution in [0.25, 0.3) is 54.9 Å². The van der Waals surface area contributed by atoms with Crippen LogP contribution in [-0.4, -0.2) is 9.52 Å². The quantitative estimate of drug-likeness (QED) is 0.0946. The second kappa shape index (κ2) is 23.6. The van der Waals surface area contributed by atoms with Gasteiger partial charge in [0.15, 0.2) is 0 Å². The number of fused-ring (bicyclic) bond motifs is 5. The van der Waals surface area contributed by atoms with Crippen LogP contribution in [0.3, 0.4) is 0 Å². The zero-order valence-electron chi connectivity index (χ0n) is 39.7. The van der Waals surface area contributed by atoms with Crippen molar-refractivity contribution in [3.8, 4) is 33.4 Å². The van der Waals surface area contributed by atoms with Gasteiger partial charge in [-0.3, -0.25) is 0 Å². The molecule has 0 N–H and O–H groups in total. The van der Waals surface area contributed by atoms with Gasteiger partial charge in [-0.25, -0.2) is 0 Å². The normalized spacial score (nSPS) is 11.6. The van der Waals surface area contributed by atoms with Crippen LogP contribution in [0.1, 0.15) is 114 Å². The number of hydrogen-bond donors (Lipinski definition) is 0. The fourth-order valence-electron chi connectivity index (χ4n) is 9.33. The molecule has 0 fully saturated rings. The summed E-state index contributed by atoms with van der Waals surface area (Å²) >= 11 is -0.826. The fraction of sp³-hybridized carbons (Fsp3) is 0.300. The zero-order valence-corrected chi connectivity index (χ0v) is 44.6. The van der Waals surface area contributed by atoms with E-state index in [0.29, 0.717) is 23.7 Å². The van der Waals surface area contributed by atoms with E-state index in [1.54, 1.807) is 0 Å². The maximum atomic E-state index is 4.93. The van der Waals surface area contributed by atoms with Crippen molar-refractivity contribution < 1.29 is 20.8 Å². The number of rotatable bonds is 10. The van der Waals surface area contributed by atoms with Crippen LogP contribution >= 0.6 is 17.0 Å². The largest absolute Gasteiger partial charge is 0.184 e. The second-order valence-corrected chi connectivity index (χ2v) is 23.5. The average molecular weight is 976 g/mol. The second-order valence-electron chi connectivity index (χ2n) is 18.5. The van der Waals surface area contributed by atoms with Gasteiger partial charge < -0.3 is 0 Å². The average Bonchev–Trinajstić information content (AvgIpc) is 4.00. The molecule has 9 rings (SSSR count). The summed E-state index contributed by atoms with van der Waals surface area (Å²) in [5.41, 5.74) is 17.3. The molecule has 4 heteroatoms. The van der Waals surface area contributed by atoms with Crippen LogP contribution in [-0.2, 0) is 46.5 Å². The molecule has 0 spiro atoms. The summed E-state index contributed by atoms with van der Waals surface area (Å²) in [5, 5.41) is 8.45. The Hall–Kier alpha value is -3.78. The standard InChI is InChI=1S/2C24H29.C12H7Si.2ClH.Zr/c2*1-6-19-9-7-8-10-22(19)24-21(17(4)5)12-11-20-14-18(13-16(2)3)15-23(20)24;1-3-7-11-9(5-1)10-6-2-4-8-12(10)13-11;;;/h2*7-12,14-17H,6,13H2,1-5H3;1-7H;2*1H;/q3*-1;;;+2/p-2. The van der Waals surface area contributed by atoms with Crippen LogP contribution < -0.4 is 10.4 Å². The molecule has 0 saturated carbocycles. The van der Waals surface area contributed by atoms with Gasteiger partial charge in [0.05, 0.1) is 9.52 Å². The number of hydrogen-bond acceptors (Lipinski definition) is 0. The number of halogens is 2. The van der Waals surface area contributed by atoms with Crippen molar-refractivity contribution in [2.24, 2.45) is 11.8 Å². The Labute approximate surface area is 407 Å². The Kier molecular flexibility index (Phi) is 18.3. The first-order chi connectivity index (χ1) is 30.9. The minimum absolute atomic E-state index is 0.526. The molecular weight excluding hydrogens is 911 g/mol. The first-order valence-corrected chi connectivity index (χ1v) is 30.7. The Morgan fingerprint density at radius 3 is 1.39 bits per heavy atom. The van der Waals surface area contributed by atoms with Crippen LogP contribution in [0.15, 0.2) is 140 Å². The molecule has 0 unspecified atom stereocenters. The van der Waals surface area contributed by atoms with Crippen molar-refractivity contribution in [2.45, 2.75) is 107 Å². The van der Waals surface area contributed by atoms with Crippen molar-refractivity contribution in [3.63, 3.8) is 0 Å². The predicted octanol–water partition coefficient (Wildman–Crippen LogP) is 16.7. The molecule has 0 aromatic heterocycles. The van der Waals surface area contributed by atoms with Gasteiger partial charge in [0.2, 0.25) is 0 Å². The zero-order chi connectivity index (χ0) is 45.9. The van der Waals surface area contributed by atoms with Crippen molar-refractivity contribution >= 4 is 58.5 Å². The van der Waals surface area contributed by atoms with Gasteiger partial charge in [-0.15, -0.1) is 74.6 Å². The Morgan fingerprint density at radius 2 is 0.953 bits per heavy atom. The molecule has 1 aliphatic heterocycles. The third kappa shape index (κ3) is 12.0. The molecule has 8 aromatic carbocycles. The van der Waals surface area contributed by atoms with Crippen molar-refractivity contribution in [1.82, 2.24) is 0 Å². The first kappa shape index (κ1) is 49.6. The van der Waals surface area contributed by atoms with Gasteiger partial charge in [-0.05, 0) is 71.6 Å². The summed E-state index contributed by atoms with van der Waals surface area (Å²) in [5.74, 6) is 2.44. The van der Waals surface area contributed by atoms with E-state index in [-0.39, 0.29) is 0 Å². The summed E-state index contributed by atoms with van der Waals surface area (Å²) in [6, 6.07) is 54.9. The molecule has 330 valence electrons. The number of aryl methyl sites for hydroxylation is 2. The smallest absolute Gasteiger partial charge is 0.0920 e. The molecule has 1 heterocycles. The van der Waals surface area contributed by atoms with Gasteiger partial charge in [0.1, 0.15) is 0 Å². The van der Waals surface area contributed by atoms with Crippen LogP contribution in [0.5, 0.6) is 0 Å². The van der Waals surface area contributed by atoms with E-state index in [0.717, 1.165) is 35.2 Å². The Balaban J connectivity index is 0.000000160. The SMILES string of the molecule is CCc1ccccc1-c1c(C(C)C)ccc2[cH-]c(CC(C)C)cc12.CCc1ccccc1-c1c(C(C)C)ccc2[cH-]c(CC(C)C)cc12.[Cl][Zr][Cl].[c-]1cccc2c1[Si]c1ccccc1-2. The van der Waals surface area contributed by atoms with Crippen LogP contribution in [0.2, 0.25) is 0 Å². The van der Waals surface area contributed by atoms with Crippen molar-refractivity contribution in [2.75, 3.05) is 0 Å². The van der Waals surface area contributed by atoms with Crippen LogP contribution in [0, 0.1) is 17.9 Å². The van der Waals surface area contributed by atoms with E-state index in [9.17, 15) is 0 Å². The third-order valence-electron chi connectivity index (χ3n) is 12.2. The molecule has 64 heavy (non-hydrogen) atoms. The van der Waals surface area contributed by atoms with E-state index in [1.165, 1.54) is 98.7 Å². The van der Waals surface area contributed by atoms with E-state index in [4.69, 9.17) is 17.0 Å². The summed E-state index contributed by atoms with van der Waals surface area (Å²) < 4.78 is 0. The van der Waals surface area contributed by atoms with E-state index >= 15 is 0 Å². The molecule has 1 aliphatic rings. The molecule has 0 nitrogen and oxygen atoms in total. The molecular formula is C60H65Cl2SiZr-3. The van der Waals surface area contributed by atoms with Crippen molar-refractivity contribution in [1.29, 1.82) is 0 Å². The van der Waals surface area contributed by atoms with Gasteiger partial charge in [-0.2, -0.15) is 41.6 Å². The van der Waals surface area contributed by atoms with Gasteiger partial charge in [0, 0.05) is 0 Å². The maximum Gasteiger partial charge on any atom is 0.0920 e. The van der Waals surface area contributed by atoms with Gasteiger partial charge in [0.25, 0.3) is 0 Å². The number of benzene rings is 6. The minimum atomic E-state index is -0.826. The molecule has 2 radical (unpaired) electrons. The summed E-state index contributed by atoms with van der Waals surface area (Å²) in [6.45, 7) is 22.9. The summed E-state index contributed by atoms with van der Waals surface area (Å²) in [6.07, 6.45) is 4.45. The van der Waals surface area contributed by atoms with E-state index in [1.807, 2.05) is 6.07 Å². The first-order valence-electron chi connectivity index (χ1n) is 23.3. The topological polar surface area (TPSA) is 0 Å². The van der Waals surface area contributed by atoms with Gasteiger partial charge >= 0.3 is 37.9 Å². The molecule has 0 saturated heterocycles. The van der Waals surface area contributed by atoms with E-state index < -0.39 is 20.8 Å². The fourth-order valence-corrected chi connectivity index (χ4v) is 10.6. The summed E-state index contributed by atoms with van der Waals surface area (Å²) in [7, 11) is 10.7.